The summed E-state index contributed by atoms with van der Waals surface area (Å²) in [6.07, 6.45) is 0. The molecular weight excluding hydrogens is 576 g/mol. The van der Waals surface area contributed by atoms with Gasteiger partial charge in [-0.2, -0.15) is 0 Å². The first-order valence-corrected chi connectivity index (χ1v) is 15.8. The van der Waals surface area contributed by atoms with Gasteiger partial charge in [-0.1, -0.05) is 97.1 Å². The number of aromatic nitrogens is 2. The molecule has 0 spiro atoms. The van der Waals surface area contributed by atoms with E-state index in [1.54, 1.807) is 0 Å². The molecule has 0 unspecified atom stereocenters. The van der Waals surface area contributed by atoms with Crippen molar-refractivity contribution in [2.24, 2.45) is 0 Å². The smallest absolute Gasteiger partial charge is 0.344 e. The molecule has 3 aromatic heterocycles. The third-order valence-corrected chi connectivity index (χ3v) is 9.56. The second-order valence-corrected chi connectivity index (χ2v) is 12.1. The zero-order valence-electron chi connectivity index (χ0n) is 25.2. The molecule has 0 N–H and O–H groups in total. The Hall–Kier alpha value is -6.39. The van der Waals surface area contributed by atoms with E-state index in [9.17, 15) is 4.79 Å². The SMILES string of the molecule is O=c1oc2ccc3c4ccccc4n(-c4cccc(-c5ccc(-n6c7ccccc7c7ccccc76)cc5)c4)c3c2c2ccccc12. The molecule has 0 aliphatic heterocycles. The Balaban J connectivity index is 1.17. The van der Waals surface area contributed by atoms with Crippen molar-refractivity contribution in [2.45, 2.75) is 0 Å². The van der Waals surface area contributed by atoms with Gasteiger partial charge in [0.15, 0.2) is 0 Å². The third kappa shape index (κ3) is 3.73. The van der Waals surface area contributed by atoms with Crippen molar-refractivity contribution >= 4 is 65.4 Å². The molecule has 220 valence electrons. The highest BCUT2D eigenvalue weighted by Gasteiger charge is 2.19. The molecule has 3 heterocycles. The number of benzene rings is 7. The fourth-order valence-electron chi connectivity index (χ4n) is 7.51. The Morgan fingerprint density at radius 1 is 0.404 bits per heavy atom. The van der Waals surface area contributed by atoms with E-state index in [1.807, 2.05) is 30.3 Å². The normalized spacial score (nSPS) is 11.9. The largest absolute Gasteiger partial charge is 0.422 e. The Morgan fingerprint density at radius 3 is 1.66 bits per heavy atom. The maximum absolute atomic E-state index is 12.9. The van der Waals surface area contributed by atoms with Gasteiger partial charge in [0.1, 0.15) is 5.58 Å². The lowest BCUT2D eigenvalue weighted by Crippen LogP contribution is -2.01. The van der Waals surface area contributed by atoms with Gasteiger partial charge in [-0.15, -0.1) is 0 Å². The van der Waals surface area contributed by atoms with E-state index in [-0.39, 0.29) is 5.63 Å². The van der Waals surface area contributed by atoms with Crippen molar-refractivity contribution in [3.8, 4) is 22.5 Å². The van der Waals surface area contributed by atoms with Crippen molar-refractivity contribution in [2.75, 3.05) is 0 Å². The predicted octanol–water partition coefficient (Wildman–Crippen LogP) is 10.8. The van der Waals surface area contributed by atoms with Crippen molar-refractivity contribution in [3.05, 3.63) is 168 Å². The van der Waals surface area contributed by atoms with Gasteiger partial charge in [-0.05, 0) is 71.8 Å². The Labute approximate surface area is 268 Å². The fraction of sp³-hybridized carbons (Fsp3) is 0. The second kappa shape index (κ2) is 9.80. The number of hydrogen-bond acceptors (Lipinski definition) is 2. The number of nitrogens with zero attached hydrogens (tertiary/aromatic N) is 2. The minimum absolute atomic E-state index is 0.318. The molecule has 0 fully saturated rings. The molecule has 10 aromatic rings. The van der Waals surface area contributed by atoms with E-state index in [4.69, 9.17) is 4.42 Å². The first-order valence-electron chi connectivity index (χ1n) is 15.8. The topological polar surface area (TPSA) is 40.1 Å². The van der Waals surface area contributed by atoms with Gasteiger partial charge < -0.3 is 13.6 Å². The molecule has 4 heteroatoms. The molecule has 10 rings (SSSR count). The third-order valence-electron chi connectivity index (χ3n) is 9.56. The highest BCUT2D eigenvalue weighted by Crippen LogP contribution is 2.39. The number of hydrogen-bond donors (Lipinski definition) is 0. The lowest BCUT2D eigenvalue weighted by atomic mass is 10.0. The Bertz CT molecular complexity index is 2870. The quantitative estimate of drug-likeness (QED) is 0.149. The molecule has 7 aromatic carbocycles. The van der Waals surface area contributed by atoms with Gasteiger partial charge in [0.2, 0.25) is 0 Å². The molecule has 0 saturated carbocycles. The summed E-state index contributed by atoms with van der Waals surface area (Å²) in [6.45, 7) is 0. The van der Waals surface area contributed by atoms with Crippen LogP contribution in [-0.2, 0) is 0 Å². The molecule has 0 aliphatic carbocycles. The van der Waals surface area contributed by atoms with Crippen molar-refractivity contribution in [3.63, 3.8) is 0 Å². The summed E-state index contributed by atoms with van der Waals surface area (Å²) in [6, 6.07) is 54.9. The Kier molecular flexibility index (Phi) is 5.40. The average Bonchev–Trinajstić information content (AvgIpc) is 3.65. The summed E-state index contributed by atoms with van der Waals surface area (Å²) < 4.78 is 10.5. The molecule has 0 aliphatic rings. The van der Waals surface area contributed by atoms with Gasteiger partial charge in [0.25, 0.3) is 0 Å². The van der Waals surface area contributed by atoms with E-state index in [1.165, 1.54) is 21.8 Å². The standard InChI is InChI=1S/C43H26N2O2/c46-43-36-16-2-1-15-34(36)41-40(47-43)25-24-35-33-14-5-8-19-39(33)45(42(35)41)30-11-9-10-28(26-30)27-20-22-29(23-21-27)44-37-17-6-3-12-31(37)32-13-4-7-18-38(32)44/h1-26H. The Morgan fingerprint density at radius 2 is 0.979 bits per heavy atom. The van der Waals surface area contributed by atoms with E-state index in [2.05, 4.69) is 137 Å². The van der Waals surface area contributed by atoms with E-state index >= 15 is 0 Å². The van der Waals surface area contributed by atoms with E-state index in [0.29, 0.717) is 11.0 Å². The van der Waals surface area contributed by atoms with Crippen LogP contribution in [0.5, 0.6) is 0 Å². The molecule has 0 amide bonds. The molecule has 0 saturated heterocycles. The minimum atomic E-state index is -0.318. The highest BCUT2D eigenvalue weighted by molar-refractivity contribution is 6.24. The van der Waals surface area contributed by atoms with Crippen LogP contribution in [0.2, 0.25) is 0 Å². The first kappa shape index (κ1) is 25.9. The van der Waals surface area contributed by atoms with E-state index < -0.39 is 0 Å². The summed E-state index contributed by atoms with van der Waals surface area (Å²) in [5.41, 5.74) is 9.23. The molecule has 47 heavy (non-hydrogen) atoms. The molecule has 0 radical (unpaired) electrons. The summed E-state index contributed by atoms with van der Waals surface area (Å²) in [4.78, 5) is 12.9. The summed E-state index contributed by atoms with van der Waals surface area (Å²) in [5.74, 6) is 0. The molecule has 0 bridgehead atoms. The van der Waals surface area contributed by atoms with Crippen molar-refractivity contribution in [1.82, 2.24) is 9.13 Å². The van der Waals surface area contributed by atoms with Gasteiger partial charge in [-0.25, -0.2) is 4.79 Å². The first-order chi connectivity index (χ1) is 23.2. The van der Waals surface area contributed by atoms with Crippen LogP contribution < -0.4 is 5.63 Å². The maximum Gasteiger partial charge on any atom is 0.344 e. The summed E-state index contributed by atoms with van der Waals surface area (Å²) >= 11 is 0. The van der Waals surface area contributed by atoms with Gasteiger partial charge in [0.05, 0.1) is 32.8 Å². The van der Waals surface area contributed by atoms with E-state index in [0.717, 1.165) is 55.1 Å². The monoisotopic (exact) mass is 602 g/mol. The number of fused-ring (bicyclic) bond motifs is 10. The molecule has 4 nitrogen and oxygen atoms in total. The van der Waals surface area contributed by atoms with Gasteiger partial charge in [-0.3, -0.25) is 0 Å². The lowest BCUT2D eigenvalue weighted by molar-refractivity contribution is 0.570. The van der Waals surface area contributed by atoms with Gasteiger partial charge in [0, 0.05) is 38.3 Å². The van der Waals surface area contributed by atoms with Crippen LogP contribution in [0.15, 0.2) is 167 Å². The number of rotatable bonds is 3. The lowest BCUT2D eigenvalue weighted by Gasteiger charge is -2.13. The average molecular weight is 603 g/mol. The second-order valence-electron chi connectivity index (χ2n) is 12.1. The maximum atomic E-state index is 12.9. The highest BCUT2D eigenvalue weighted by atomic mass is 16.4. The zero-order chi connectivity index (χ0) is 31.1. The zero-order valence-corrected chi connectivity index (χ0v) is 25.2. The van der Waals surface area contributed by atoms with Crippen LogP contribution in [-0.4, -0.2) is 9.13 Å². The van der Waals surface area contributed by atoms with Crippen LogP contribution in [0.4, 0.5) is 0 Å². The molecule has 0 atom stereocenters. The van der Waals surface area contributed by atoms with Crippen LogP contribution in [0.1, 0.15) is 0 Å². The summed E-state index contributed by atoms with van der Waals surface area (Å²) in [5, 5.41) is 7.20. The van der Waals surface area contributed by atoms with Crippen LogP contribution in [0.3, 0.4) is 0 Å². The van der Waals surface area contributed by atoms with Crippen LogP contribution in [0.25, 0.3) is 87.9 Å². The van der Waals surface area contributed by atoms with Crippen molar-refractivity contribution in [1.29, 1.82) is 0 Å². The van der Waals surface area contributed by atoms with Crippen molar-refractivity contribution < 1.29 is 4.42 Å². The number of para-hydroxylation sites is 3. The molecular formula is C43H26N2O2. The fourth-order valence-corrected chi connectivity index (χ4v) is 7.51. The summed E-state index contributed by atoms with van der Waals surface area (Å²) in [7, 11) is 0. The minimum Gasteiger partial charge on any atom is -0.422 e. The van der Waals surface area contributed by atoms with Gasteiger partial charge >= 0.3 is 5.63 Å². The van der Waals surface area contributed by atoms with Crippen LogP contribution in [0, 0.1) is 0 Å². The van der Waals surface area contributed by atoms with Crippen LogP contribution >= 0.6 is 0 Å². The predicted molar refractivity (Wildman–Crippen MR) is 194 cm³/mol.